The largest absolute Gasteiger partial charge is 0.497 e. The Morgan fingerprint density at radius 1 is 1.00 bits per heavy atom. The lowest BCUT2D eigenvalue weighted by atomic mass is 10.0. The van der Waals surface area contributed by atoms with Gasteiger partial charge in [-0.2, -0.15) is 0 Å². The summed E-state index contributed by atoms with van der Waals surface area (Å²) in [4.78, 5) is 31.5. The molecule has 39 heavy (non-hydrogen) atoms. The van der Waals surface area contributed by atoms with Crippen LogP contribution in [0.25, 0.3) is 16.8 Å². The van der Waals surface area contributed by atoms with E-state index in [4.69, 9.17) is 19.6 Å². The third kappa shape index (κ3) is 5.66. The number of amidine groups is 1. The van der Waals surface area contributed by atoms with Crippen molar-refractivity contribution in [2.24, 2.45) is 4.99 Å². The fourth-order valence-corrected chi connectivity index (χ4v) is 5.27. The van der Waals surface area contributed by atoms with Gasteiger partial charge in [-0.05, 0) is 83.6 Å². The molecule has 4 aromatic rings. The molecule has 0 unspecified atom stereocenters. The molecule has 0 atom stereocenters. The molecule has 1 fully saturated rings. The Hall–Kier alpha value is -4.56. The average molecular weight is 539 g/mol. The summed E-state index contributed by atoms with van der Waals surface area (Å²) in [6.45, 7) is 2.66. The Balaban J connectivity index is 1.48. The molecule has 0 aromatic heterocycles. The summed E-state index contributed by atoms with van der Waals surface area (Å²) >= 11 is 1.33. The standard InChI is InChI=1S/C31H26N2O5S/c1-3-33-29(34)28(39-31(33)32-23-13-15-24(37-2)16-14-23)18-26-25-7-5-4-6-21(25)12-17-27(26)38-19-20-8-10-22(11-9-20)30(35)36/h4-18H,3,19H2,1-2H3,(H,35,36)/b28-18+,32-31?. The number of aliphatic imine (C=N–C) groups is 1. The fourth-order valence-electron chi connectivity index (χ4n) is 4.22. The Labute approximate surface area is 230 Å². The van der Waals surface area contributed by atoms with E-state index < -0.39 is 5.97 Å². The molecule has 1 amide bonds. The first-order chi connectivity index (χ1) is 19.0. The van der Waals surface area contributed by atoms with Crippen molar-refractivity contribution in [3.8, 4) is 11.5 Å². The zero-order chi connectivity index (χ0) is 27.4. The van der Waals surface area contributed by atoms with Crippen LogP contribution in [0, 0.1) is 0 Å². The van der Waals surface area contributed by atoms with Gasteiger partial charge in [0.1, 0.15) is 18.1 Å². The number of benzene rings is 4. The van der Waals surface area contributed by atoms with E-state index in [1.54, 1.807) is 36.3 Å². The molecule has 0 saturated carbocycles. The molecular formula is C31H26N2O5S. The number of amides is 1. The van der Waals surface area contributed by atoms with Gasteiger partial charge in [-0.1, -0.05) is 42.5 Å². The smallest absolute Gasteiger partial charge is 0.335 e. The molecular weight excluding hydrogens is 512 g/mol. The summed E-state index contributed by atoms with van der Waals surface area (Å²) in [7, 11) is 1.61. The minimum Gasteiger partial charge on any atom is -0.497 e. The number of fused-ring (bicyclic) bond motifs is 1. The van der Waals surface area contributed by atoms with Crippen LogP contribution in [-0.2, 0) is 11.4 Å². The minimum absolute atomic E-state index is 0.113. The van der Waals surface area contributed by atoms with Crippen LogP contribution >= 0.6 is 11.8 Å². The van der Waals surface area contributed by atoms with Crippen molar-refractivity contribution in [1.29, 1.82) is 0 Å². The molecule has 1 saturated heterocycles. The molecule has 196 valence electrons. The highest BCUT2D eigenvalue weighted by Gasteiger charge is 2.32. The van der Waals surface area contributed by atoms with Crippen LogP contribution < -0.4 is 9.47 Å². The number of hydrogen-bond donors (Lipinski definition) is 1. The summed E-state index contributed by atoms with van der Waals surface area (Å²) in [6.07, 6.45) is 1.87. The van der Waals surface area contributed by atoms with E-state index in [9.17, 15) is 9.59 Å². The SMILES string of the molecule is CCN1C(=O)/C(=C\c2c(OCc3ccc(C(=O)O)cc3)ccc3ccccc23)SC1=Nc1ccc(OC)cc1. The zero-order valence-corrected chi connectivity index (χ0v) is 22.3. The van der Waals surface area contributed by atoms with Gasteiger partial charge >= 0.3 is 5.97 Å². The monoisotopic (exact) mass is 538 g/mol. The lowest BCUT2D eigenvalue weighted by Gasteiger charge is -2.13. The number of hydrogen-bond acceptors (Lipinski definition) is 6. The van der Waals surface area contributed by atoms with Crippen LogP contribution in [0.15, 0.2) is 94.8 Å². The predicted molar refractivity (Wildman–Crippen MR) is 155 cm³/mol. The normalized spacial score (nSPS) is 15.3. The second kappa shape index (κ2) is 11.4. The van der Waals surface area contributed by atoms with Gasteiger partial charge in [0.2, 0.25) is 0 Å². The number of carbonyl (C=O) groups excluding carboxylic acids is 1. The van der Waals surface area contributed by atoms with E-state index in [-0.39, 0.29) is 18.1 Å². The maximum absolute atomic E-state index is 13.4. The minimum atomic E-state index is -0.972. The summed E-state index contributed by atoms with van der Waals surface area (Å²) in [5.74, 6) is 0.280. The van der Waals surface area contributed by atoms with E-state index in [0.29, 0.717) is 22.4 Å². The van der Waals surface area contributed by atoms with Crippen LogP contribution in [0.3, 0.4) is 0 Å². The lowest BCUT2D eigenvalue weighted by molar-refractivity contribution is -0.122. The number of methoxy groups -OCH3 is 1. The number of likely N-dealkylation sites (N-methyl/N-ethyl adjacent to an activating group) is 1. The van der Waals surface area contributed by atoms with Crippen LogP contribution in [0.1, 0.15) is 28.4 Å². The van der Waals surface area contributed by atoms with Gasteiger partial charge in [-0.3, -0.25) is 9.69 Å². The van der Waals surface area contributed by atoms with Gasteiger partial charge in [0, 0.05) is 12.1 Å². The van der Waals surface area contributed by atoms with Crippen molar-refractivity contribution in [2.45, 2.75) is 13.5 Å². The van der Waals surface area contributed by atoms with Crippen molar-refractivity contribution in [3.63, 3.8) is 0 Å². The molecule has 1 aliphatic heterocycles. The van der Waals surface area contributed by atoms with Crippen molar-refractivity contribution in [2.75, 3.05) is 13.7 Å². The number of nitrogens with zero attached hydrogens (tertiary/aromatic N) is 2. The second-order valence-electron chi connectivity index (χ2n) is 8.74. The number of aromatic carboxylic acids is 1. The molecule has 1 heterocycles. The highest BCUT2D eigenvalue weighted by molar-refractivity contribution is 8.18. The molecule has 0 radical (unpaired) electrons. The van der Waals surface area contributed by atoms with E-state index in [0.717, 1.165) is 33.3 Å². The van der Waals surface area contributed by atoms with E-state index in [1.165, 1.54) is 11.8 Å². The van der Waals surface area contributed by atoms with Gasteiger partial charge in [-0.25, -0.2) is 9.79 Å². The summed E-state index contributed by atoms with van der Waals surface area (Å²) in [5.41, 5.74) is 2.59. The quantitative estimate of drug-likeness (QED) is 0.250. The van der Waals surface area contributed by atoms with Gasteiger partial charge in [0.25, 0.3) is 5.91 Å². The highest BCUT2D eigenvalue weighted by Crippen LogP contribution is 2.38. The van der Waals surface area contributed by atoms with Crippen LogP contribution in [0.2, 0.25) is 0 Å². The first-order valence-corrected chi connectivity index (χ1v) is 13.2. The number of thioether (sulfide) groups is 1. The Kier molecular flexibility index (Phi) is 7.65. The van der Waals surface area contributed by atoms with Crippen LogP contribution in [-0.4, -0.2) is 40.7 Å². The number of carboxylic acids is 1. The summed E-state index contributed by atoms with van der Waals surface area (Å²) in [5, 5.41) is 11.7. The van der Waals surface area contributed by atoms with E-state index in [1.807, 2.05) is 73.7 Å². The molecule has 7 nitrogen and oxygen atoms in total. The Morgan fingerprint density at radius 3 is 2.44 bits per heavy atom. The maximum atomic E-state index is 13.4. The molecule has 5 rings (SSSR count). The number of carboxylic acid groups (broad SMARTS) is 1. The van der Waals surface area contributed by atoms with E-state index in [2.05, 4.69) is 0 Å². The number of ether oxygens (including phenoxy) is 2. The average Bonchev–Trinajstić information content (AvgIpc) is 3.26. The third-order valence-corrected chi connectivity index (χ3v) is 7.31. The Morgan fingerprint density at radius 2 is 1.74 bits per heavy atom. The molecule has 4 aromatic carbocycles. The van der Waals surface area contributed by atoms with Crippen LogP contribution in [0.5, 0.6) is 11.5 Å². The van der Waals surface area contributed by atoms with Gasteiger partial charge in [-0.15, -0.1) is 0 Å². The topological polar surface area (TPSA) is 88.4 Å². The second-order valence-corrected chi connectivity index (χ2v) is 9.75. The zero-order valence-electron chi connectivity index (χ0n) is 21.5. The molecule has 0 aliphatic carbocycles. The van der Waals surface area contributed by atoms with Gasteiger partial charge < -0.3 is 14.6 Å². The Bertz CT molecular complexity index is 1590. The molecule has 0 spiro atoms. The highest BCUT2D eigenvalue weighted by atomic mass is 32.2. The van der Waals surface area contributed by atoms with Gasteiger partial charge in [0.15, 0.2) is 5.17 Å². The number of rotatable bonds is 8. The first kappa shape index (κ1) is 26.1. The van der Waals surface area contributed by atoms with Gasteiger partial charge in [0.05, 0.1) is 23.3 Å². The van der Waals surface area contributed by atoms with Crippen molar-refractivity contribution < 1.29 is 24.2 Å². The first-order valence-electron chi connectivity index (χ1n) is 12.4. The van der Waals surface area contributed by atoms with Crippen molar-refractivity contribution >= 4 is 51.3 Å². The van der Waals surface area contributed by atoms with Crippen molar-refractivity contribution in [1.82, 2.24) is 4.90 Å². The fraction of sp³-hybridized carbons (Fsp3) is 0.129. The van der Waals surface area contributed by atoms with E-state index >= 15 is 0 Å². The number of carbonyl (C=O) groups is 2. The summed E-state index contributed by atoms with van der Waals surface area (Å²) in [6, 6.07) is 25.8. The summed E-state index contributed by atoms with van der Waals surface area (Å²) < 4.78 is 11.4. The predicted octanol–water partition coefficient (Wildman–Crippen LogP) is 6.75. The maximum Gasteiger partial charge on any atom is 0.335 e. The molecule has 1 N–H and O–H groups in total. The lowest BCUT2D eigenvalue weighted by Crippen LogP contribution is -2.28. The third-order valence-electron chi connectivity index (χ3n) is 6.30. The van der Waals surface area contributed by atoms with Crippen molar-refractivity contribution in [3.05, 3.63) is 107 Å². The molecule has 1 aliphatic rings. The van der Waals surface area contributed by atoms with Crippen LogP contribution in [0.4, 0.5) is 5.69 Å². The molecule has 8 heteroatoms. The molecule has 0 bridgehead atoms.